The van der Waals surface area contributed by atoms with Crippen LogP contribution < -0.4 is 5.73 Å². The number of nitrogens with zero attached hydrogens (tertiary/aromatic N) is 1. The Bertz CT molecular complexity index is 547. The molecule has 1 aliphatic rings. The maximum absolute atomic E-state index is 12.7. The number of benzene rings is 1. The molecule has 4 nitrogen and oxygen atoms in total. The normalized spacial score (nSPS) is 18.6. The molecule has 2 rings (SSSR count). The van der Waals surface area contributed by atoms with Crippen molar-refractivity contribution < 1.29 is 8.42 Å². The summed E-state index contributed by atoms with van der Waals surface area (Å²) in [6, 6.07) is 5.16. The number of sulfonamides is 1. The SMILES string of the molecule is CCc1ccc(N)cc1S(=O)(=O)N1CCC(C)CC1. The Morgan fingerprint density at radius 2 is 1.95 bits per heavy atom. The van der Waals surface area contributed by atoms with Gasteiger partial charge in [0.2, 0.25) is 10.0 Å². The predicted molar refractivity (Wildman–Crippen MR) is 77.4 cm³/mol. The lowest BCUT2D eigenvalue weighted by Gasteiger charge is -2.30. The zero-order valence-electron chi connectivity index (χ0n) is 11.6. The number of anilines is 1. The van der Waals surface area contributed by atoms with Gasteiger partial charge in [-0.2, -0.15) is 4.31 Å². The zero-order chi connectivity index (χ0) is 14.0. The van der Waals surface area contributed by atoms with Crippen LogP contribution in [0.3, 0.4) is 0 Å². The lowest BCUT2D eigenvalue weighted by Crippen LogP contribution is -2.38. The number of aryl methyl sites for hydroxylation is 1. The van der Waals surface area contributed by atoms with E-state index in [0.29, 0.717) is 36.0 Å². The quantitative estimate of drug-likeness (QED) is 0.865. The number of nitrogens with two attached hydrogens (primary N) is 1. The van der Waals surface area contributed by atoms with Crippen molar-refractivity contribution in [2.75, 3.05) is 18.8 Å². The van der Waals surface area contributed by atoms with E-state index in [-0.39, 0.29) is 0 Å². The first-order valence-corrected chi connectivity index (χ1v) is 8.27. The Labute approximate surface area is 115 Å². The highest BCUT2D eigenvalue weighted by atomic mass is 32.2. The molecule has 1 aromatic rings. The molecule has 1 heterocycles. The molecule has 1 saturated heterocycles. The summed E-state index contributed by atoms with van der Waals surface area (Å²) in [5.41, 5.74) is 7.09. The first-order valence-electron chi connectivity index (χ1n) is 6.83. The van der Waals surface area contributed by atoms with E-state index in [2.05, 4.69) is 6.92 Å². The summed E-state index contributed by atoms with van der Waals surface area (Å²) >= 11 is 0. The third kappa shape index (κ3) is 2.92. The highest BCUT2D eigenvalue weighted by Gasteiger charge is 2.29. The van der Waals surface area contributed by atoms with E-state index in [4.69, 9.17) is 5.73 Å². The van der Waals surface area contributed by atoms with E-state index in [0.717, 1.165) is 18.4 Å². The van der Waals surface area contributed by atoms with Crippen LogP contribution >= 0.6 is 0 Å². The molecule has 5 heteroatoms. The molecular weight excluding hydrogens is 260 g/mol. The van der Waals surface area contributed by atoms with Crippen molar-refractivity contribution in [2.24, 2.45) is 5.92 Å². The highest BCUT2D eigenvalue weighted by molar-refractivity contribution is 7.89. The summed E-state index contributed by atoms with van der Waals surface area (Å²) < 4.78 is 27.0. The van der Waals surface area contributed by atoms with E-state index >= 15 is 0 Å². The Morgan fingerprint density at radius 1 is 1.32 bits per heavy atom. The van der Waals surface area contributed by atoms with E-state index in [1.54, 1.807) is 16.4 Å². The van der Waals surface area contributed by atoms with E-state index in [1.807, 2.05) is 13.0 Å². The summed E-state index contributed by atoms with van der Waals surface area (Å²) in [5.74, 6) is 0.609. The van der Waals surface area contributed by atoms with Gasteiger partial charge in [0, 0.05) is 18.8 Å². The lowest BCUT2D eigenvalue weighted by molar-refractivity contribution is 0.288. The standard InChI is InChI=1S/C14H22N2O2S/c1-3-12-4-5-13(15)10-14(12)19(17,18)16-8-6-11(2)7-9-16/h4-5,10-11H,3,6-9,15H2,1-2H3. The van der Waals surface area contributed by atoms with E-state index in [1.165, 1.54) is 0 Å². The van der Waals surface area contributed by atoms with E-state index in [9.17, 15) is 8.42 Å². The minimum Gasteiger partial charge on any atom is -0.399 e. The Morgan fingerprint density at radius 3 is 2.53 bits per heavy atom. The fourth-order valence-corrected chi connectivity index (χ4v) is 4.27. The van der Waals surface area contributed by atoms with Crippen LogP contribution in [0.2, 0.25) is 0 Å². The fraction of sp³-hybridized carbons (Fsp3) is 0.571. The van der Waals surface area contributed by atoms with Crippen LogP contribution in [0.4, 0.5) is 5.69 Å². The van der Waals surface area contributed by atoms with Crippen LogP contribution in [0.1, 0.15) is 32.3 Å². The van der Waals surface area contributed by atoms with Gasteiger partial charge in [0.15, 0.2) is 0 Å². The Hall–Kier alpha value is -1.07. The van der Waals surface area contributed by atoms with Crippen molar-refractivity contribution in [3.63, 3.8) is 0 Å². The summed E-state index contributed by atoms with van der Waals surface area (Å²) in [4.78, 5) is 0.379. The van der Waals surface area contributed by atoms with E-state index < -0.39 is 10.0 Å². The largest absolute Gasteiger partial charge is 0.399 e. The van der Waals surface area contributed by atoms with Crippen LogP contribution in [0.15, 0.2) is 23.1 Å². The van der Waals surface area contributed by atoms with Crippen LogP contribution in [0.5, 0.6) is 0 Å². The lowest BCUT2D eigenvalue weighted by atomic mass is 10.0. The molecule has 0 unspecified atom stereocenters. The van der Waals surface area contributed by atoms with Crippen LogP contribution in [-0.2, 0) is 16.4 Å². The van der Waals surface area contributed by atoms with Gasteiger partial charge >= 0.3 is 0 Å². The van der Waals surface area contributed by atoms with Gasteiger partial charge in [0.25, 0.3) is 0 Å². The molecule has 0 saturated carbocycles. The number of hydrogen-bond acceptors (Lipinski definition) is 3. The molecular formula is C14H22N2O2S. The van der Waals surface area contributed by atoms with Crippen molar-refractivity contribution in [1.29, 1.82) is 0 Å². The van der Waals surface area contributed by atoms with Gasteiger partial charge in [-0.15, -0.1) is 0 Å². The minimum atomic E-state index is -3.40. The minimum absolute atomic E-state index is 0.379. The maximum atomic E-state index is 12.7. The van der Waals surface area contributed by atoms with Crippen molar-refractivity contribution in [1.82, 2.24) is 4.31 Å². The average molecular weight is 282 g/mol. The highest BCUT2D eigenvalue weighted by Crippen LogP contribution is 2.27. The smallest absolute Gasteiger partial charge is 0.243 e. The summed E-state index contributed by atoms with van der Waals surface area (Å²) in [7, 11) is -3.40. The molecule has 106 valence electrons. The summed E-state index contributed by atoms with van der Waals surface area (Å²) in [6.07, 6.45) is 2.56. The molecule has 1 fully saturated rings. The van der Waals surface area contributed by atoms with Crippen LogP contribution in [0, 0.1) is 5.92 Å². The van der Waals surface area contributed by atoms with Gasteiger partial charge in [-0.1, -0.05) is 19.9 Å². The molecule has 0 bridgehead atoms. The van der Waals surface area contributed by atoms with Gasteiger partial charge in [0.1, 0.15) is 0 Å². The number of nitrogen functional groups attached to an aromatic ring is 1. The molecule has 1 aromatic carbocycles. The number of rotatable bonds is 3. The van der Waals surface area contributed by atoms with Crippen molar-refractivity contribution in [3.05, 3.63) is 23.8 Å². The van der Waals surface area contributed by atoms with Gasteiger partial charge in [-0.25, -0.2) is 8.42 Å². The molecule has 0 radical (unpaired) electrons. The van der Waals surface area contributed by atoms with Gasteiger partial charge in [0.05, 0.1) is 4.90 Å². The third-order valence-electron chi connectivity index (χ3n) is 3.83. The second-order valence-corrected chi connectivity index (χ2v) is 7.21. The summed E-state index contributed by atoms with van der Waals surface area (Å²) in [6.45, 7) is 5.35. The molecule has 0 amide bonds. The van der Waals surface area contributed by atoms with Crippen molar-refractivity contribution in [2.45, 2.75) is 38.0 Å². The van der Waals surface area contributed by atoms with Crippen LogP contribution in [-0.4, -0.2) is 25.8 Å². The van der Waals surface area contributed by atoms with Gasteiger partial charge in [-0.05, 0) is 42.9 Å². The number of piperidine rings is 1. The third-order valence-corrected chi connectivity index (χ3v) is 5.81. The average Bonchev–Trinajstić information content (AvgIpc) is 2.39. The first-order chi connectivity index (χ1) is 8.95. The van der Waals surface area contributed by atoms with Crippen molar-refractivity contribution >= 4 is 15.7 Å². The van der Waals surface area contributed by atoms with Crippen LogP contribution in [0.25, 0.3) is 0 Å². The topological polar surface area (TPSA) is 63.4 Å². The predicted octanol–water partition coefficient (Wildman–Crippen LogP) is 2.25. The second-order valence-electron chi connectivity index (χ2n) is 5.31. The molecule has 2 N–H and O–H groups in total. The molecule has 1 aliphatic heterocycles. The molecule has 19 heavy (non-hydrogen) atoms. The monoisotopic (exact) mass is 282 g/mol. The Balaban J connectivity index is 2.36. The summed E-state index contributed by atoms with van der Waals surface area (Å²) in [5, 5.41) is 0. The van der Waals surface area contributed by atoms with Gasteiger partial charge < -0.3 is 5.73 Å². The fourth-order valence-electron chi connectivity index (χ4n) is 2.47. The first kappa shape index (κ1) is 14.3. The molecule has 0 atom stereocenters. The molecule has 0 spiro atoms. The van der Waals surface area contributed by atoms with Crippen molar-refractivity contribution in [3.8, 4) is 0 Å². The molecule has 0 aliphatic carbocycles. The molecule has 0 aromatic heterocycles. The van der Waals surface area contributed by atoms with Gasteiger partial charge in [-0.3, -0.25) is 0 Å². The maximum Gasteiger partial charge on any atom is 0.243 e. The Kier molecular flexibility index (Phi) is 4.16. The number of hydrogen-bond donors (Lipinski definition) is 1. The zero-order valence-corrected chi connectivity index (χ0v) is 12.4. The second kappa shape index (κ2) is 5.51.